The molecule has 7 nitrogen and oxygen atoms in total. The molecule has 0 aliphatic carbocycles. The van der Waals surface area contributed by atoms with Crippen molar-refractivity contribution in [1.29, 1.82) is 0 Å². The Morgan fingerprint density at radius 3 is 2.38 bits per heavy atom. The average molecular weight is 560 g/mol. The minimum Gasteiger partial charge on any atom is -0.351 e. The summed E-state index contributed by atoms with van der Waals surface area (Å²) in [7, 11) is -3.39. The Morgan fingerprint density at radius 2 is 1.72 bits per heavy atom. The molecular weight excluding hydrogens is 526 g/mol. The van der Waals surface area contributed by atoms with Crippen molar-refractivity contribution in [2.45, 2.75) is 46.7 Å². The van der Waals surface area contributed by atoms with E-state index in [4.69, 9.17) is 12.2 Å². The van der Waals surface area contributed by atoms with Gasteiger partial charge in [-0.2, -0.15) is 0 Å². The Balaban J connectivity index is 1.67. The minimum absolute atomic E-state index is 0.175. The predicted molar refractivity (Wildman–Crippen MR) is 162 cm³/mol. The van der Waals surface area contributed by atoms with Crippen molar-refractivity contribution in [2.24, 2.45) is 0 Å². The summed E-state index contributed by atoms with van der Waals surface area (Å²) < 4.78 is 28.6. The molecule has 0 bridgehead atoms. The second-order valence-electron chi connectivity index (χ2n) is 10.3. The van der Waals surface area contributed by atoms with Crippen LogP contribution in [0.15, 0.2) is 66.9 Å². The van der Waals surface area contributed by atoms with E-state index < -0.39 is 10.0 Å². The largest absolute Gasteiger partial charge is 0.351 e. The summed E-state index contributed by atoms with van der Waals surface area (Å²) >= 11 is 5.92. The summed E-state index contributed by atoms with van der Waals surface area (Å²) in [6.07, 6.45) is 2.95. The van der Waals surface area contributed by atoms with Crippen molar-refractivity contribution < 1.29 is 8.42 Å². The number of pyridine rings is 1. The third kappa shape index (κ3) is 5.16. The van der Waals surface area contributed by atoms with Gasteiger partial charge in [0, 0.05) is 29.0 Å². The van der Waals surface area contributed by atoms with E-state index >= 15 is 0 Å². The number of hydrogen-bond acceptors (Lipinski definition) is 4. The Hall–Kier alpha value is -3.69. The molecule has 1 fully saturated rings. The zero-order valence-electron chi connectivity index (χ0n) is 23.0. The van der Waals surface area contributed by atoms with Crippen molar-refractivity contribution in [3.05, 3.63) is 106 Å². The Kier molecular flexibility index (Phi) is 6.99. The fourth-order valence-corrected chi connectivity index (χ4v) is 6.45. The van der Waals surface area contributed by atoms with Crippen LogP contribution in [0, 0.1) is 34.6 Å². The van der Waals surface area contributed by atoms with Gasteiger partial charge in [0.25, 0.3) is 0 Å². The van der Waals surface area contributed by atoms with E-state index in [2.05, 4.69) is 76.5 Å². The van der Waals surface area contributed by atoms with Crippen molar-refractivity contribution in [2.75, 3.05) is 15.9 Å². The first kappa shape index (κ1) is 26.9. The molecule has 4 aromatic rings. The highest BCUT2D eigenvalue weighted by Gasteiger charge is 2.42. The maximum atomic E-state index is 11.9. The third-order valence-electron chi connectivity index (χ3n) is 7.28. The van der Waals surface area contributed by atoms with Gasteiger partial charge in [0.15, 0.2) is 5.11 Å². The maximum absolute atomic E-state index is 11.9. The fraction of sp³-hybridized carbons (Fsp3) is 0.267. The van der Waals surface area contributed by atoms with E-state index in [9.17, 15) is 8.42 Å². The molecule has 2 atom stereocenters. The summed E-state index contributed by atoms with van der Waals surface area (Å²) in [5.74, 6) is 0. The number of aromatic nitrogens is 2. The van der Waals surface area contributed by atoms with Gasteiger partial charge in [-0.15, -0.1) is 0 Å². The summed E-state index contributed by atoms with van der Waals surface area (Å²) in [5, 5.41) is 4.12. The number of nitrogens with zero attached hydrogens (tertiary/aromatic N) is 3. The number of hydrogen-bond donors (Lipinski definition) is 2. The number of anilines is 2. The van der Waals surface area contributed by atoms with Gasteiger partial charge in [-0.05, 0) is 112 Å². The topological polar surface area (TPSA) is 79.3 Å². The molecule has 0 saturated carbocycles. The molecule has 2 unspecified atom stereocenters. The summed E-state index contributed by atoms with van der Waals surface area (Å²) in [4.78, 5) is 6.81. The second kappa shape index (κ2) is 10.1. The third-order valence-corrected chi connectivity index (χ3v) is 8.18. The summed E-state index contributed by atoms with van der Waals surface area (Å²) in [5.41, 5.74) is 10.1. The van der Waals surface area contributed by atoms with Crippen LogP contribution in [-0.4, -0.2) is 29.3 Å². The molecule has 2 aromatic heterocycles. The van der Waals surface area contributed by atoms with Crippen LogP contribution in [0.4, 0.5) is 11.4 Å². The number of benzene rings is 2. The fourth-order valence-electron chi connectivity index (χ4n) is 5.48. The molecule has 2 N–H and O–H groups in total. The van der Waals surface area contributed by atoms with E-state index in [1.165, 1.54) is 11.1 Å². The van der Waals surface area contributed by atoms with Crippen LogP contribution in [0.5, 0.6) is 0 Å². The number of sulfonamides is 1. The van der Waals surface area contributed by atoms with Gasteiger partial charge in [-0.25, -0.2) is 8.42 Å². The van der Waals surface area contributed by atoms with E-state index in [-0.39, 0.29) is 12.1 Å². The van der Waals surface area contributed by atoms with E-state index in [0.717, 1.165) is 45.8 Å². The monoisotopic (exact) mass is 559 g/mol. The van der Waals surface area contributed by atoms with Crippen LogP contribution >= 0.6 is 12.2 Å². The lowest BCUT2D eigenvalue weighted by Gasteiger charge is -2.29. The SMILES string of the molecule is Cc1ccc(C)c(-n2c(C)cc(C3C(c4ccccn4)NC(=S)N3c3ccc(NS(C)(=O)=O)c(C)c3)c2C)c1. The lowest BCUT2D eigenvalue weighted by molar-refractivity contribution is 0.565. The number of thiocarbonyl (C=S) groups is 1. The predicted octanol–water partition coefficient (Wildman–Crippen LogP) is 5.96. The first-order valence-corrected chi connectivity index (χ1v) is 15.1. The van der Waals surface area contributed by atoms with Gasteiger partial charge >= 0.3 is 0 Å². The van der Waals surface area contributed by atoms with Gasteiger partial charge in [0.2, 0.25) is 10.0 Å². The molecule has 1 saturated heterocycles. The standard InChI is InChI=1S/C30H33N5O2S2/c1-18-10-11-19(2)27(15-18)34-21(4)17-24(22(34)5)29-28(26-9-7-8-14-31-26)32-30(38)35(29)23-12-13-25(20(3)16-23)33-39(6,36)37/h7-17,28-29,33H,1-6H3,(H,32,38). The van der Waals surface area contributed by atoms with Crippen molar-refractivity contribution in [3.8, 4) is 5.69 Å². The van der Waals surface area contributed by atoms with Gasteiger partial charge in [-0.1, -0.05) is 18.2 Å². The molecule has 0 amide bonds. The van der Waals surface area contributed by atoms with Crippen molar-refractivity contribution in [3.63, 3.8) is 0 Å². The van der Waals surface area contributed by atoms with Crippen LogP contribution < -0.4 is 14.9 Å². The highest BCUT2D eigenvalue weighted by atomic mass is 32.2. The molecule has 39 heavy (non-hydrogen) atoms. The van der Waals surface area contributed by atoms with Crippen molar-refractivity contribution in [1.82, 2.24) is 14.9 Å². The molecule has 9 heteroatoms. The highest BCUT2D eigenvalue weighted by Crippen LogP contribution is 2.44. The minimum atomic E-state index is -3.39. The zero-order chi connectivity index (χ0) is 28.1. The molecule has 2 aromatic carbocycles. The summed E-state index contributed by atoms with van der Waals surface area (Å²) in [6, 6.07) is 20.0. The smallest absolute Gasteiger partial charge is 0.229 e. The van der Waals surface area contributed by atoms with E-state index in [1.54, 1.807) is 12.3 Å². The van der Waals surface area contributed by atoms with E-state index in [0.29, 0.717) is 10.8 Å². The highest BCUT2D eigenvalue weighted by molar-refractivity contribution is 7.92. The Labute approximate surface area is 235 Å². The maximum Gasteiger partial charge on any atom is 0.229 e. The van der Waals surface area contributed by atoms with Crippen molar-refractivity contribution >= 4 is 38.7 Å². The molecule has 1 aliphatic heterocycles. The normalized spacial score (nSPS) is 17.4. The van der Waals surface area contributed by atoms with Crippen LogP contribution in [0.25, 0.3) is 5.69 Å². The van der Waals surface area contributed by atoms with Gasteiger partial charge < -0.3 is 14.8 Å². The average Bonchev–Trinajstić information content (AvgIpc) is 3.37. The van der Waals surface area contributed by atoms with E-state index in [1.807, 2.05) is 37.3 Å². The molecule has 202 valence electrons. The molecule has 1 aliphatic rings. The molecule has 0 radical (unpaired) electrons. The molecular formula is C30H33N5O2S2. The van der Waals surface area contributed by atoms with Gasteiger partial charge in [0.05, 0.1) is 29.7 Å². The van der Waals surface area contributed by atoms with Gasteiger partial charge in [-0.3, -0.25) is 9.71 Å². The number of rotatable bonds is 6. The molecule has 5 rings (SSSR count). The first-order valence-electron chi connectivity index (χ1n) is 12.8. The quantitative estimate of drug-likeness (QED) is 0.284. The summed E-state index contributed by atoms with van der Waals surface area (Å²) in [6.45, 7) is 10.4. The molecule has 0 spiro atoms. The Bertz CT molecular complexity index is 1680. The first-order chi connectivity index (χ1) is 18.4. The number of aryl methyl sites for hydroxylation is 4. The second-order valence-corrected chi connectivity index (χ2v) is 12.5. The number of nitrogens with one attached hydrogen (secondary N) is 2. The van der Waals surface area contributed by atoms with Crippen LogP contribution in [0.2, 0.25) is 0 Å². The lowest BCUT2D eigenvalue weighted by Crippen LogP contribution is -2.29. The molecule has 3 heterocycles. The van der Waals surface area contributed by atoms with Gasteiger partial charge in [0.1, 0.15) is 0 Å². The van der Waals surface area contributed by atoms with Crippen LogP contribution in [-0.2, 0) is 10.0 Å². The van der Waals surface area contributed by atoms with Crippen LogP contribution in [0.3, 0.4) is 0 Å². The lowest BCUT2D eigenvalue weighted by atomic mass is 9.96. The van der Waals surface area contributed by atoms with Crippen LogP contribution in [0.1, 0.15) is 51.4 Å². The Morgan fingerprint density at radius 1 is 0.949 bits per heavy atom. The zero-order valence-corrected chi connectivity index (χ0v) is 24.6.